The van der Waals surface area contributed by atoms with Gasteiger partial charge >= 0.3 is 6.18 Å². The van der Waals surface area contributed by atoms with Crippen LogP contribution in [0.4, 0.5) is 13.2 Å². The summed E-state index contributed by atoms with van der Waals surface area (Å²) in [4.78, 5) is 6.43. The summed E-state index contributed by atoms with van der Waals surface area (Å²) in [5.41, 5.74) is 0. The summed E-state index contributed by atoms with van der Waals surface area (Å²) in [6, 6.07) is 0.00411. The smallest absolute Gasteiger partial charge is 0.372 e. The fourth-order valence-corrected chi connectivity index (χ4v) is 2.12. The van der Waals surface area contributed by atoms with Gasteiger partial charge in [-0.05, 0) is 6.92 Å². The number of rotatable bonds is 6. The monoisotopic (exact) mass is 308 g/mol. The molecule has 1 aliphatic heterocycles. The molecule has 1 aromatic heterocycles. The van der Waals surface area contributed by atoms with Gasteiger partial charge in [0.15, 0.2) is 5.82 Å². The van der Waals surface area contributed by atoms with Crippen LogP contribution < -0.4 is 5.32 Å². The Morgan fingerprint density at radius 1 is 1.38 bits per heavy atom. The summed E-state index contributed by atoms with van der Waals surface area (Å²) >= 11 is 0. The van der Waals surface area contributed by atoms with E-state index in [1.165, 1.54) is 0 Å². The highest BCUT2D eigenvalue weighted by molar-refractivity contribution is 4.93. The fraction of sp³-hybridized carbons (Fsp3) is 0.833. The maximum absolute atomic E-state index is 11.9. The van der Waals surface area contributed by atoms with Crippen molar-refractivity contribution in [3.8, 4) is 0 Å². The third kappa shape index (κ3) is 5.25. The van der Waals surface area contributed by atoms with E-state index in [1.54, 1.807) is 0 Å². The molecule has 2 rings (SSSR count). The van der Waals surface area contributed by atoms with Crippen LogP contribution in [-0.4, -0.2) is 60.6 Å². The van der Waals surface area contributed by atoms with Gasteiger partial charge in [0, 0.05) is 32.6 Å². The number of halogens is 3. The summed E-state index contributed by atoms with van der Waals surface area (Å²) in [5.74, 6) is 0.858. The summed E-state index contributed by atoms with van der Waals surface area (Å²) < 4.78 is 45.4. The Kier molecular flexibility index (Phi) is 5.54. The summed E-state index contributed by atoms with van der Waals surface area (Å²) in [5, 5.41) is 7.03. The van der Waals surface area contributed by atoms with Crippen LogP contribution in [-0.2, 0) is 11.2 Å². The first-order valence-corrected chi connectivity index (χ1v) is 6.87. The lowest BCUT2D eigenvalue weighted by Gasteiger charge is -2.30. The van der Waals surface area contributed by atoms with Crippen molar-refractivity contribution in [1.29, 1.82) is 0 Å². The predicted molar refractivity (Wildman–Crippen MR) is 67.7 cm³/mol. The molecule has 0 bridgehead atoms. The minimum absolute atomic E-state index is 0.00411. The summed E-state index contributed by atoms with van der Waals surface area (Å²) in [7, 11) is 0. The second-order valence-electron chi connectivity index (χ2n) is 4.93. The molecule has 9 heteroatoms. The second-order valence-corrected chi connectivity index (χ2v) is 4.93. The maximum Gasteiger partial charge on any atom is 0.411 e. The summed E-state index contributed by atoms with van der Waals surface area (Å²) in [6.45, 7) is 4.26. The van der Waals surface area contributed by atoms with Crippen LogP contribution in [0.3, 0.4) is 0 Å². The molecule has 0 aromatic carbocycles. The van der Waals surface area contributed by atoms with Crippen LogP contribution in [0.25, 0.3) is 0 Å². The first-order chi connectivity index (χ1) is 9.96. The molecule has 0 spiro atoms. The molecule has 0 radical (unpaired) electrons. The van der Waals surface area contributed by atoms with Crippen LogP contribution in [0.15, 0.2) is 4.52 Å². The average Bonchev–Trinajstić information content (AvgIpc) is 2.91. The van der Waals surface area contributed by atoms with E-state index in [9.17, 15) is 13.2 Å². The topological polar surface area (TPSA) is 63.4 Å². The van der Waals surface area contributed by atoms with E-state index in [0.717, 1.165) is 26.2 Å². The first-order valence-electron chi connectivity index (χ1n) is 6.87. The third-order valence-electron chi connectivity index (χ3n) is 3.28. The van der Waals surface area contributed by atoms with E-state index in [-0.39, 0.29) is 19.1 Å². The standard InChI is InChI=1S/C12H19F3N4O2/c1-9(19-5-3-16-4-6-19)11-17-10(18-21-11)2-7-20-8-12(13,14)15/h9,16H,2-8H2,1H3. The van der Waals surface area contributed by atoms with Gasteiger partial charge in [-0.1, -0.05) is 5.16 Å². The molecule has 120 valence electrons. The van der Waals surface area contributed by atoms with Gasteiger partial charge in [-0.25, -0.2) is 0 Å². The van der Waals surface area contributed by atoms with E-state index in [2.05, 4.69) is 25.1 Å². The van der Waals surface area contributed by atoms with Crippen LogP contribution in [0.2, 0.25) is 0 Å². The highest BCUT2D eigenvalue weighted by Gasteiger charge is 2.27. The van der Waals surface area contributed by atoms with Crippen LogP contribution >= 0.6 is 0 Å². The minimum atomic E-state index is -4.31. The van der Waals surface area contributed by atoms with Crippen molar-refractivity contribution in [1.82, 2.24) is 20.4 Å². The average molecular weight is 308 g/mol. The minimum Gasteiger partial charge on any atom is -0.372 e. The number of alkyl halides is 3. The third-order valence-corrected chi connectivity index (χ3v) is 3.28. The molecule has 2 heterocycles. The fourth-order valence-electron chi connectivity index (χ4n) is 2.12. The molecule has 1 N–H and O–H groups in total. The predicted octanol–water partition coefficient (Wildman–Crippen LogP) is 1.16. The quantitative estimate of drug-likeness (QED) is 0.796. The SMILES string of the molecule is CC(c1nc(CCOCC(F)(F)F)no1)N1CCNCC1. The molecule has 1 aliphatic rings. The van der Waals surface area contributed by atoms with Gasteiger partial charge < -0.3 is 14.6 Å². The molecule has 1 atom stereocenters. The van der Waals surface area contributed by atoms with Gasteiger partial charge in [0.25, 0.3) is 0 Å². The molecule has 0 aliphatic carbocycles. The van der Waals surface area contributed by atoms with Gasteiger partial charge in [0.2, 0.25) is 5.89 Å². The van der Waals surface area contributed by atoms with Gasteiger partial charge in [0.05, 0.1) is 12.6 Å². The number of aromatic nitrogens is 2. The molecule has 6 nitrogen and oxygen atoms in total. The maximum atomic E-state index is 11.9. The number of ether oxygens (including phenoxy) is 1. The van der Waals surface area contributed by atoms with E-state index < -0.39 is 12.8 Å². The number of hydrogen-bond acceptors (Lipinski definition) is 6. The Bertz CT molecular complexity index is 432. The van der Waals surface area contributed by atoms with Crippen molar-refractivity contribution in [2.75, 3.05) is 39.4 Å². The molecule has 0 amide bonds. The van der Waals surface area contributed by atoms with E-state index in [4.69, 9.17) is 4.52 Å². The van der Waals surface area contributed by atoms with Crippen LogP contribution in [0.1, 0.15) is 24.7 Å². The Balaban J connectivity index is 1.78. The highest BCUT2D eigenvalue weighted by atomic mass is 19.4. The Labute approximate surface area is 120 Å². The highest BCUT2D eigenvalue weighted by Crippen LogP contribution is 2.19. The van der Waals surface area contributed by atoms with Gasteiger partial charge in [0.1, 0.15) is 6.61 Å². The van der Waals surface area contributed by atoms with E-state index in [0.29, 0.717) is 11.7 Å². The zero-order valence-corrected chi connectivity index (χ0v) is 11.8. The van der Waals surface area contributed by atoms with Gasteiger partial charge in [-0.3, -0.25) is 4.90 Å². The molecule has 0 saturated carbocycles. The molecule has 1 unspecified atom stereocenters. The molecule has 1 fully saturated rings. The van der Waals surface area contributed by atoms with Crippen molar-refractivity contribution in [2.24, 2.45) is 0 Å². The van der Waals surface area contributed by atoms with Gasteiger partial charge in [-0.2, -0.15) is 18.2 Å². The second kappa shape index (κ2) is 7.19. The lowest BCUT2D eigenvalue weighted by atomic mass is 10.2. The van der Waals surface area contributed by atoms with E-state index in [1.807, 2.05) is 6.92 Å². The lowest BCUT2D eigenvalue weighted by Crippen LogP contribution is -2.44. The molecule has 1 aromatic rings. The van der Waals surface area contributed by atoms with Crippen molar-refractivity contribution in [3.05, 3.63) is 11.7 Å². The summed E-state index contributed by atoms with van der Waals surface area (Å²) in [6.07, 6.45) is -4.10. The van der Waals surface area contributed by atoms with Crippen molar-refractivity contribution in [3.63, 3.8) is 0 Å². The molecular formula is C12H19F3N4O2. The zero-order chi connectivity index (χ0) is 15.3. The Morgan fingerprint density at radius 2 is 2.10 bits per heavy atom. The molecule has 1 saturated heterocycles. The van der Waals surface area contributed by atoms with E-state index >= 15 is 0 Å². The number of piperazine rings is 1. The first kappa shape index (κ1) is 16.2. The number of nitrogens with one attached hydrogen (secondary N) is 1. The van der Waals surface area contributed by atoms with Crippen molar-refractivity contribution < 1.29 is 22.4 Å². The van der Waals surface area contributed by atoms with Crippen molar-refractivity contribution >= 4 is 0 Å². The largest absolute Gasteiger partial charge is 0.411 e. The molecular weight excluding hydrogens is 289 g/mol. The van der Waals surface area contributed by atoms with Crippen molar-refractivity contribution in [2.45, 2.75) is 25.6 Å². The van der Waals surface area contributed by atoms with Crippen LogP contribution in [0, 0.1) is 0 Å². The number of nitrogens with zero attached hydrogens (tertiary/aromatic N) is 3. The lowest BCUT2D eigenvalue weighted by molar-refractivity contribution is -0.173. The Hall–Kier alpha value is -1.19. The normalized spacial score (nSPS) is 18.9. The molecule has 21 heavy (non-hydrogen) atoms. The number of hydrogen-bond donors (Lipinski definition) is 1. The zero-order valence-electron chi connectivity index (χ0n) is 11.8. The Morgan fingerprint density at radius 3 is 2.76 bits per heavy atom. The van der Waals surface area contributed by atoms with Crippen LogP contribution in [0.5, 0.6) is 0 Å². The van der Waals surface area contributed by atoms with Gasteiger partial charge in [-0.15, -0.1) is 0 Å².